The Morgan fingerprint density at radius 3 is 2.71 bits per heavy atom. The smallest absolute Gasteiger partial charge is 0.147 e. The SMILES string of the molecule is CC(=O)C(Br)c1cccc(O)c1CBr. The maximum atomic E-state index is 11.2. The summed E-state index contributed by atoms with van der Waals surface area (Å²) in [5.74, 6) is 0.239. The number of hydrogen-bond donors (Lipinski definition) is 1. The van der Waals surface area contributed by atoms with Crippen LogP contribution in [-0.4, -0.2) is 10.9 Å². The summed E-state index contributed by atoms with van der Waals surface area (Å²) in [7, 11) is 0. The summed E-state index contributed by atoms with van der Waals surface area (Å²) in [5.41, 5.74) is 1.57. The van der Waals surface area contributed by atoms with E-state index < -0.39 is 0 Å². The summed E-state index contributed by atoms with van der Waals surface area (Å²) in [6.07, 6.45) is 0. The molecule has 0 heterocycles. The van der Waals surface area contributed by atoms with E-state index >= 15 is 0 Å². The van der Waals surface area contributed by atoms with E-state index in [9.17, 15) is 9.90 Å². The predicted molar refractivity (Wildman–Crippen MR) is 63.1 cm³/mol. The van der Waals surface area contributed by atoms with Gasteiger partial charge in [-0.05, 0) is 18.6 Å². The number of hydrogen-bond acceptors (Lipinski definition) is 2. The monoisotopic (exact) mass is 320 g/mol. The minimum atomic E-state index is -0.345. The first kappa shape index (κ1) is 11.7. The highest BCUT2D eigenvalue weighted by Gasteiger charge is 2.17. The molecular formula is C10H10Br2O2. The van der Waals surface area contributed by atoms with Crippen LogP contribution in [0.5, 0.6) is 5.75 Å². The third-order valence-corrected chi connectivity index (χ3v) is 3.65. The Morgan fingerprint density at radius 1 is 1.57 bits per heavy atom. The molecule has 0 aromatic heterocycles. The van der Waals surface area contributed by atoms with Crippen molar-refractivity contribution in [2.75, 3.05) is 0 Å². The Labute approximate surface area is 99.6 Å². The maximum absolute atomic E-state index is 11.2. The minimum Gasteiger partial charge on any atom is -0.508 e. The normalized spacial score (nSPS) is 12.5. The van der Waals surface area contributed by atoms with Crippen LogP contribution in [0.25, 0.3) is 0 Å². The number of ketones is 1. The molecule has 0 aliphatic rings. The first-order valence-corrected chi connectivity index (χ1v) is 6.13. The van der Waals surface area contributed by atoms with Crippen LogP contribution in [-0.2, 0) is 10.1 Å². The third kappa shape index (κ3) is 2.36. The topological polar surface area (TPSA) is 37.3 Å². The van der Waals surface area contributed by atoms with E-state index in [2.05, 4.69) is 31.9 Å². The van der Waals surface area contributed by atoms with Gasteiger partial charge in [-0.3, -0.25) is 4.79 Å². The second kappa shape index (κ2) is 4.94. The van der Waals surface area contributed by atoms with Crippen molar-refractivity contribution in [3.05, 3.63) is 29.3 Å². The minimum absolute atomic E-state index is 0.0257. The van der Waals surface area contributed by atoms with Crippen LogP contribution in [0.15, 0.2) is 18.2 Å². The van der Waals surface area contributed by atoms with E-state index in [-0.39, 0.29) is 16.4 Å². The van der Waals surface area contributed by atoms with Crippen molar-refractivity contribution >= 4 is 37.6 Å². The molecule has 1 aromatic rings. The first-order chi connectivity index (χ1) is 6.57. The maximum Gasteiger partial charge on any atom is 0.147 e. The molecule has 0 radical (unpaired) electrons. The molecule has 4 heteroatoms. The van der Waals surface area contributed by atoms with Crippen molar-refractivity contribution in [2.24, 2.45) is 0 Å². The van der Waals surface area contributed by atoms with Gasteiger partial charge in [0.25, 0.3) is 0 Å². The molecule has 0 aliphatic carbocycles. The van der Waals surface area contributed by atoms with Crippen molar-refractivity contribution < 1.29 is 9.90 Å². The molecule has 1 unspecified atom stereocenters. The summed E-state index contributed by atoms with van der Waals surface area (Å²) in [6, 6.07) is 5.17. The van der Waals surface area contributed by atoms with Gasteiger partial charge in [-0.2, -0.15) is 0 Å². The van der Waals surface area contributed by atoms with Crippen molar-refractivity contribution in [1.29, 1.82) is 0 Å². The Morgan fingerprint density at radius 2 is 2.21 bits per heavy atom. The average molecular weight is 322 g/mol. The molecule has 0 spiro atoms. The quantitative estimate of drug-likeness (QED) is 0.867. The van der Waals surface area contributed by atoms with Crippen molar-refractivity contribution in [1.82, 2.24) is 0 Å². The predicted octanol–water partition coefficient (Wildman–Crippen LogP) is 3.31. The Kier molecular flexibility index (Phi) is 4.13. The highest BCUT2D eigenvalue weighted by atomic mass is 79.9. The fourth-order valence-corrected chi connectivity index (χ4v) is 2.23. The van der Waals surface area contributed by atoms with E-state index in [4.69, 9.17) is 0 Å². The molecular weight excluding hydrogens is 312 g/mol. The third-order valence-electron chi connectivity index (χ3n) is 1.95. The van der Waals surface area contributed by atoms with Crippen LogP contribution in [0.2, 0.25) is 0 Å². The number of phenols is 1. The van der Waals surface area contributed by atoms with E-state index in [1.54, 1.807) is 12.1 Å². The van der Waals surface area contributed by atoms with Crippen molar-refractivity contribution in [3.63, 3.8) is 0 Å². The van der Waals surface area contributed by atoms with Gasteiger partial charge in [0, 0.05) is 10.9 Å². The standard InChI is InChI=1S/C10H10Br2O2/c1-6(13)10(12)7-3-2-4-9(14)8(7)5-11/h2-4,10,14H,5H2,1H3. The van der Waals surface area contributed by atoms with Gasteiger partial charge in [0.05, 0.1) is 4.83 Å². The molecule has 1 N–H and O–H groups in total. The number of phenolic OH excluding ortho intramolecular Hbond substituents is 1. The Balaban J connectivity index is 3.20. The summed E-state index contributed by atoms with van der Waals surface area (Å²) < 4.78 is 0. The number of Topliss-reactive ketones (excluding diaryl/α,β-unsaturated/α-hetero) is 1. The molecule has 2 nitrogen and oxygen atoms in total. The largest absolute Gasteiger partial charge is 0.508 e. The van der Waals surface area contributed by atoms with Crippen molar-refractivity contribution in [2.45, 2.75) is 17.1 Å². The van der Waals surface area contributed by atoms with Gasteiger partial charge in [0.15, 0.2) is 0 Å². The molecule has 0 saturated carbocycles. The van der Waals surface area contributed by atoms with Crippen LogP contribution in [0.4, 0.5) is 0 Å². The molecule has 0 amide bonds. The summed E-state index contributed by atoms with van der Waals surface area (Å²) >= 11 is 6.58. The number of carbonyl (C=O) groups excluding carboxylic acids is 1. The van der Waals surface area contributed by atoms with Gasteiger partial charge in [0.1, 0.15) is 11.5 Å². The van der Waals surface area contributed by atoms with E-state index in [0.29, 0.717) is 5.33 Å². The lowest BCUT2D eigenvalue weighted by atomic mass is 10.0. The molecule has 0 bridgehead atoms. The zero-order valence-corrected chi connectivity index (χ0v) is 10.8. The van der Waals surface area contributed by atoms with Gasteiger partial charge in [0.2, 0.25) is 0 Å². The van der Waals surface area contributed by atoms with Crippen LogP contribution < -0.4 is 0 Å². The van der Waals surface area contributed by atoms with Gasteiger partial charge >= 0.3 is 0 Å². The first-order valence-electron chi connectivity index (χ1n) is 4.09. The second-order valence-corrected chi connectivity index (χ2v) is 4.43. The second-order valence-electron chi connectivity index (χ2n) is 2.95. The molecule has 14 heavy (non-hydrogen) atoms. The molecule has 1 aromatic carbocycles. The molecule has 1 rings (SSSR count). The fraction of sp³-hybridized carbons (Fsp3) is 0.300. The van der Waals surface area contributed by atoms with Crippen LogP contribution in [0.1, 0.15) is 22.9 Å². The van der Waals surface area contributed by atoms with Gasteiger partial charge in [-0.25, -0.2) is 0 Å². The van der Waals surface area contributed by atoms with Gasteiger partial charge < -0.3 is 5.11 Å². The van der Waals surface area contributed by atoms with Gasteiger partial charge in [-0.15, -0.1) is 0 Å². The van der Waals surface area contributed by atoms with Crippen LogP contribution >= 0.6 is 31.9 Å². The number of alkyl halides is 2. The molecule has 76 valence electrons. The van der Waals surface area contributed by atoms with E-state index in [1.165, 1.54) is 6.92 Å². The lowest BCUT2D eigenvalue weighted by Gasteiger charge is -2.12. The number of benzene rings is 1. The Hall–Kier alpha value is -0.350. The lowest BCUT2D eigenvalue weighted by molar-refractivity contribution is -0.116. The highest BCUT2D eigenvalue weighted by Crippen LogP contribution is 2.32. The van der Waals surface area contributed by atoms with E-state index in [0.717, 1.165) is 11.1 Å². The summed E-state index contributed by atoms with van der Waals surface area (Å²) in [4.78, 5) is 10.8. The number of aromatic hydroxyl groups is 1. The van der Waals surface area contributed by atoms with E-state index in [1.807, 2.05) is 6.07 Å². The summed E-state index contributed by atoms with van der Waals surface area (Å²) in [5, 5.41) is 10.1. The number of rotatable bonds is 3. The zero-order chi connectivity index (χ0) is 10.7. The number of carbonyl (C=O) groups is 1. The van der Waals surface area contributed by atoms with Crippen LogP contribution in [0, 0.1) is 0 Å². The Bertz CT molecular complexity index is 350. The molecule has 0 fully saturated rings. The summed E-state index contributed by atoms with van der Waals surface area (Å²) in [6.45, 7) is 1.52. The molecule has 1 atom stereocenters. The molecule has 0 aliphatic heterocycles. The van der Waals surface area contributed by atoms with Crippen LogP contribution in [0.3, 0.4) is 0 Å². The van der Waals surface area contributed by atoms with Gasteiger partial charge in [-0.1, -0.05) is 44.0 Å². The molecule has 0 saturated heterocycles. The fourth-order valence-electron chi connectivity index (χ4n) is 1.19. The van der Waals surface area contributed by atoms with Crippen molar-refractivity contribution in [3.8, 4) is 5.75 Å². The average Bonchev–Trinajstić information content (AvgIpc) is 2.16. The highest BCUT2D eigenvalue weighted by molar-refractivity contribution is 9.09. The zero-order valence-electron chi connectivity index (χ0n) is 7.63. The number of halogens is 2. The lowest BCUT2D eigenvalue weighted by Crippen LogP contribution is -2.03.